The number of hydrogen-bond acceptors (Lipinski definition) is 7. The molecule has 1 aliphatic heterocycles. The van der Waals surface area contributed by atoms with Gasteiger partial charge in [0.05, 0.1) is 24.7 Å². The fourth-order valence-corrected chi connectivity index (χ4v) is 4.73. The van der Waals surface area contributed by atoms with Gasteiger partial charge < -0.3 is 21.1 Å². The number of anilines is 2. The van der Waals surface area contributed by atoms with Gasteiger partial charge in [-0.1, -0.05) is 6.92 Å². The zero-order valence-electron chi connectivity index (χ0n) is 11.1. The first-order valence-electron chi connectivity index (χ1n) is 6.16. The SMILES string of the molecule is CCS(=O)(=O)c1c(N2CCOCC2)sc(C(N)=O)c1N. The fourth-order valence-electron chi connectivity index (χ4n) is 2.02. The molecule has 1 aromatic heterocycles. The van der Waals surface area contributed by atoms with Crippen LogP contribution in [0.1, 0.15) is 16.6 Å². The Morgan fingerprint density at radius 1 is 1.40 bits per heavy atom. The molecule has 0 saturated carbocycles. The molecule has 1 saturated heterocycles. The number of primary amides is 1. The lowest BCUT2D eigenvalue weighted by molar-refractivity contribution is 0.100. The van der Waals surface area contributed by atoms with Crippen molar-refractivity contribution in [2.24, 2.45) is 5.73 Å². The van der Waals surface area contributed by atoms with Crippen LogP contribution >= 0.6 is 11.3 Å². The molecule has 0 aromatic carbocycles. The maximum atomic E-state index is 12.2. The molecular weight excluding hydrogens is 302 g/mol. The normalized spacial score (nSPS) is 16.4. The molecular formula is C11H17N3O4S2. The second-order valence-electron chi connectivity index (χ2n) is 4.35. The highest BCUT2D eigenvalue weighted by atomic mass is 32.2. The molecule has 9 heteroatoms. The van der Waals surface area contributed by atoms with Crippen molar-refractivity contribution < 1.29 is 17.9 Å². The van der Waals surface area contributed by atoms with Crippen LogP contribution < -0.4 is 16.4 Å². The highest BCUT2D eigenvalue weighted by Gasteiger charge is 2.31. The largest absolute Gasteiger partial charge is 0.396 e. The number of amides is 1. The van der Waals surface area contributed by atoms with Gasteiger partial charge in [-0.25, -0.2) is 8.42 Å². The average Bonchev–Trinajstić information content (AvgIpc) is 2.78. The Labute approximate surface area is 121 Å². The van der Waals surface area contributed by atoms with Crippen molar-refractivity contribution >= 4 is 37.8 Å². The first-order valence-corrected chi connectivity index (χ1v) is 8.63. The quantitative estimate of drug-likeness (QED) is 0.810. The molecule has 0 spiro atoms. The van der Waals surface area contributed by atoms with Crippen molar-refractivity contribution in [3.63, 3.8) is 0 Å². The van der Waals surface area contributed by atoms with Crippen molar-refractivity contribution in [1.29, 1.82) is 0 Å². The lowest BCUT2D eigenvalue weighted by atomic mass is 10.3. The van der Waals surface area contributed by atoms with E-state index in [2.05, 4.69) is 0 Å². The minimum absolute atomic E-state index is 0.0284. The number of hydrogen-bond donors (Lipinski definition) is 2. The van der Waals surface area contributed by atoms with Crippen LogP contribution in [-0.4, -0.2) is 46.4 Å². The van der Waals surface area contributed by atoms with E-state index in [4.69, 9.17) is 16.2 Å². The van der Waals surface area contributed by atoms with Gasteiger partial charge in [-0.3, -0.25) is 4.79 Å². The molecule has 1 fully saturated rings. The van der Waals surface area contributed by atoms with E-state index in [1.165, 1.54) is 0 Å². The van der Waals surface area contributed by atoms with E-state index in [1.54, 1.807) is 6.92 Å². The van der Waals surface area contributed by atoms with Crippen LogP contribution in [0.15, 0.2) is 4.90 Å². The van der Waals surface area contributed by atoms with E-state index >= 15 is 0 Å². The summed E-state index contributed by atoms with van der Waals surface area (Å²) >= 11 is 1.03. The number of ether oxygens (including phenoxy) is 1. The Morgan fingerprint density at radius 2 is 2.00 bits per heavy atom. The number of carbonyl (C=O) groups is 1. The number of nitrogens with two attached hydrogens (primary N) is 2. The van der Waals surface area contributed by atoms with E-state index in [1.807, 2.05) is 4.90 Å². The van der Waals surface area contributed by atoms with Crippen LogP contribution in [0.2, 0.25) is 0 Å². The number of nitrogen functional groups attached to an aromatic ring is 1. The fraction of sp³-hybridized carbons (Fsp3) is 0.545. The number of rotatable bonds is 4. The third-order valence-electron chi connectivity index (χ3n) is 3.10. The van der Waals surface area contributed by atoms with Gasteiger partial charge in [0.25, 0.3) is 5.91 Å². The summed E-state index contributed by atoms with van der Waals surface area (Å²) in [4.78, 5) is 13.4. The Morgan fingerprint density at radius 3 is 2.50 bits per heavy atom. The predicted molar refractivity (Wildman–Crippen MR) is 78.0 cm³/mol. The summed E-state index contributed by atoms with van der Waals surface area (Å²) in [6.45, 7) is 3.68. The highest BCUT2D eigenvalue weighted by molar-refractivity contribution is 7.92. The van der Waals surface area contributed by atoms with Gasteiger partial charge in [0.2, 0.25) is 0 Å². The number of sulfone groups is 1. The van der Waals surface area contributed by atoms with Gasteiger partial charge in [0.1, 0.15) is 14.8 Å². The summed E-state index contributed by atoms with van der Waals surface area (Å²) in [5.74, 6) is -0.789. The smallest absolute Gasteiger partial charge is 0.261 e. The molecule has 1 aliphatic rings. The van der Waals surface area contributed by atoms with E-state index < -0.39 is 15.7 Å². The molecule has 20 heavy (non-hydrogen) atoms. The lowest BCUT2D eigenvalue weighted by Crippen LogP contribution is -2.36. The van der Waals surface area contributed by atoms with Crippen LogP contribution in [0.5, 0.6) is 0 Å². The number of morpholine rings is 1. The molecule has 112 valence electrons. The van der Waals surface area contributed by atoms with Gasteiger partial charge in [0.15, 0.2) is 9.84 Å². The minimum atomic E-state index is -3.53. The molecule has 1 amide bonds. The summed E-state index contributed by atoms with van der Waals surface area (Å²) in [6, 6.07) is 0. The monoisotopic (exact) mass is 319 g/mol. The van der Waals surface area contributed by atoms with E-state index in [9.17, 15) is 13.2 Å². The Kier molecular flexibility index (Phi) is 4.21. The zero-order valence-corrected chi connectivity index (χ0v) is 12.7. The van der Waals surface area contributed by atoms with Crippen LogP contribution in [0.4, 0.5) is 10.7 Å². The third-order valence-corrected chi connectivity index (χ3v) is 6.30. The maximum Gasteiger partial charge on any atom is 0.261 e. The third kappa shape index (κ3) is 2.60. The van der Waals surface area contributed by atoms with E-state index in [-0.39, 0.29) is 21.2 Å². The second-order valence-corrected chi connectivity index (χ2v) is 7.56. The standard InChI is InChI=1S/C11H17N3O4S2/c1-2-20(16,17)9-7(12)8(10(13)15)19-11(9)14-3-5-18-6-4-14/h2-6,12H2,1H3,(H2,13,15). The molecule has 7 nitrogen and oxygen atoms in total. The van der Waals surface area contributed by atoms with Gasteiger partial charge in [-0.05, 0) is 0 Å². The van der Waals surface area contributed by atoms with Crippen molar-refractivity contribution in [2.45, 2.75) is 11.8 Å². The minimum Gasteiger partial charge on any atom is -0.396 e. The number of thiophene rings is 1. The van der Waals surface area contributed by atoms with Crippen LogP contribution in [0.25, 0.3) is 0 Å². The summed E-state index contributed by atoms with van der Waals surface area (Å²) in [5, 5.41) is 0.487. The van der Waals surface area contributed by atoms with Crippen molar-refractivity contribution in [3.8, 4) is 0 Å². The predicted octanol–water partition coefficient (Wildman–Crippen LogP) is 0.0594. The summed E-state index contributed by atoms with van der Waals surface area (Å²) in [5.41, 5.74) is 11.1. The van der Waals surface area contributed by atoms with Gasteiger partial charge in [-0.2, -0.15) is 0 Å². The van der Waals surface area contributed by atoms with Crippen molar-refractivity contribution in [2.75, 3.05) is 42.7 Å². The van der Waals surface area contributed by atoms with Crippen molar-refractivity contribution in [3.05, 3.63) is 4.88 Å². The van der Waals surface area contributed by atoms with Gasteiger partial charge >= 0.3 is 0 Å². The molecule has 0 bridgehead atoms. The molecule has 0 unspecified atom stereocenters. The maximum absolute atomic E-state index is 12.2. The Balaban J connectivity index is 2.59. The van der Waals surface area contributed by atoms with Gasteiger partial charge in [0, 0.05) is 13.1 Å². The second kappa shape index (κ2) is 5.58. The molecule has 0 atom stereocenters. The van der Waals surface area contributed by atoms with Crippen LogP contribution in [-0.2, 0) is 14.6 Å². The molecule has 0 radical (unpaired) electrons. The number of nitrogens with zero attached hydrogens (tertiary/aromatic N) is 1. The first-order chi connectivity index (χ1) is 9.38. The van der Waals surface area contributed by atoms with Crippen LogP contribution in [0, 0.1) is 0 Å². The molecule has 2 heterocycles. The number of carbonyl (C=O) groups excluding carboxylic acids is 1. The molecule has 0 aliphatic carbocycles. The van der Waals surface area contributed by atoms with Crippen LogP contribution in [0.3, 0.4) is 0 Å². The van der Waals surface area contributed by atoms with E-state index in [0.717, 1.165) is 11.3 Å². The summed E-state index contributed by atoms with van der Waals surface area (Å²) in [7, 11) is -3.53. The highest BCUT2D eigenvalue weighted by Crippen LogP contribution is 2.42. The molecule has 1 aromatic rings. The topological polar surface area (TPSA) is 116 Å². The summed E-state index contributed by atoms with van der Waals surface area (Å²) < 4.78 is 29.7. The Hall–Kier alpha value is -1.32. The molecule has 4 N–H and O–H groups in total. The van der Waals surface area contributed by atoms with E-state index in [0.29, 0.717) is 31.3 Å². The first kappa shape index (κ1) is 15.1. The zero-order chi connectivity index (χ0) is 14.9. The van der Waals surface area contributed by atoms with Crippen molar-refractivity contribution in [1.82, 2.24) is 0 Å². The summed E-state index contributed by atoms with van der Waals surface area (Å²) in [6.07, 6.45) is 0. The van der Waals surface area contributed by atoms with Gasteiger partial charge in [-0.15, -0.1) is 11.3 Å². The molecule has 2 rings (SSSR count). The average molecular weight is 319 g/mol. The lowest BCUT2D eigenvalue weighted by Gasteiger charge is -2.28. The Bertz CT molecular complexity index is 618.